The summed E-state index contributed by atoms with van der Waals surface area (Å²) in [4.78, 5) is 2.43. The molecular weight excluding hydrogens is 188 g/mol. The third-order valence-corrected chi connectivity index (χ3v) is 2.78. The van der Waals surface area contributed by atoms with Crippen molar-refractivity contribution >= 4 is 0 Å². The van der Waals surface area contributed by atoms with Crippen LogP contribution in [0.2, 0.25) is 0 Å². The molecule has 0 aromatic rings. The number of likely N-dealkylation sites (tertiary alicyclic amines) is 1. The van der Waals surface area contributed by atoms with Crippen LogP contribution in [0, 0.1) is 11.3 Å². The Morgan fingerprint density at radius 2 is 2.40 bits per heavy atom. The molecule has 1 unspecified atom stereocenters. The number of piperidine rings is 1. The molecule has 3 heteroatoms. The minimum absolute atomic E-state index is 0.431. The van der Waals surface area contributed by atoms with Gasteiger partial charge >= 0.3 is 0 Å². The van der Waals surface area contributed by atoms with Gasteiger partial charge in [0, 0.05) is 19.6 Å². The number of nitrogens with zero attached hydrogens (tertiary/aromatic N) is 2. The molecule has 0 spiro atoms. The predicted octanol–water partition coefficient (Wildman–Crippen LogP) is 2.18. The van der Waals surface area contributed by atoms with Crippen molar-refractivity contribution < 1.29 is 4.74 Å². The molecule has 0 saturated carbocycles. The summed E-state index contributed by atoms with van der Waals surface area (Å²) in [5.41, 5.74) is 0. The fraction of sp³-hybridized carbons (Fsp3) is 0.917. The molecule has 86 valence electrons. The fourth-order valence-electron chi connectivity index (χ4n) is 2.02. The summed E-state index contributed by atoms with van der Waals surface area (Å²) < 4.78 is 5.76. The number of hydrogen-bond acceptors (Lipinski definition) is 3. The standard InChI is InChI=1S/C12H22N2O/c1-2-10-15-12-6-5-9-14(11-12)8-4-3-7-13/h12H,2-6,8-11H2,1H3. The largest absolute Gasteiger partial charge is 0.377 e. The van der Waals surface area contributed by atoms with E-state index in [9.17, 15) is 0 Å². The van der Waals surface area contributed by atoms with Crippen LogP contribution in [0.1, 0.15) is 39.0 Å². The first-order chi connectivity index (χ1) is 7.36. The van der Waals surface area contributed by atoms with Crippen molar-refractivity contribution in [3.05, 3.63) is 0 Å². The fourth-order valence-corrected chi connectivity index (χ4v) is 2.02. The highest BCUT2D eigenvalue weighted by Crippen LogP contribution is 2.13. The Bertz CT molecular complexity index is 200. The Hall–Kier alpha value is -0.590. The lowest BCUT2D eigenvalue weighted by molar-refractivity contribution is -0.000125. The van der Waals surface area contributed by atoms with Crippen molar-refractivity contribution in [1.29, 1.82) is 5.26 Å². The topological polar surface area (TPSA) is 36.3 Å². The van der Waals surface area contributed by atoms with Crippen molar-refractivity contribution in [2.24, 2.45) is 0 Å². The summed E-state index contributed by atoms with van der Waals surface area (Å²) >= 11 is 0. The Morgan fingerprint density at radius 1 is 1.53 bits per heavy atom. The van der Waals surface area contributed by atoms with Gasteiger partial charge in [0.25, 0.3) is 0 Å². The number of nitriles is 1. The second kappa shape index (κ2) is 7.67. The van der Waals surface area contributed by atoms with Crippen LogP contribution in [0.5, 0.6) is 0 Å². The monoisotopic (exact) mass is 210 g/mol. The second-order valence-corrected chi connectivity index (χ2v) is 4.20. The molecular formula is C12H22N2O. The molecule has 1 fully saturated rings. The van der Waals surface area contributed by atoms with Gasteiger partial charge in [-0.2, -0.15) is 5.26 Å². The van der Waals surface area contributed by atoms with Gasteiger partial charge in [0.05, 0.1) is 12.2 Å². The predicted molar refractivity (Wildman–Crippen MR) is 60.6 cm³/mol. The zero-order chi connectivity index (χ0) is 10.9. The van der Waals surface area contributed by atoms with Crippen LogP contribution >= 0.6 is 0 Å². The zero-order valence-corrected chi connectivity index (χ0v) is 9.74. The highest BCUT2D eigenvalue weighted by atomic mass is 16.5. The van der Waals surface area contributed by atoms with Gasteiger partial charge in [0.15, 0.2) is 0 Å². The molecule has 0 radical (unpaired) electrons. The maximum Gasteiger partial charge on any atom is 0.0702 e. The lowest BCUT2D eigenvalue weighted by Crippen LogP contribution is -2.40. The molecule has 0 amide bonds. The number of unbranched alkanes of at least 4 members (excludes halogenated alkanes) is 1. The van der Waals surface area contributed by atoms with Crippen LogP contribution in [-0.4, -0.2) is 37.2 Å². The van der Waals surface area contributed by atoms with E-state index in [1.165, 1.54) is 19.4 Å². The third-order valence-electron chi connectivity index (χ3n) is 2.78. The van der Waals surface area contributed by atoms with Crippen molar-refractivity contribution in [3.63, 3.8) is 0 Å². The van der Waals surface area contributed by atoms with E-state index in [4.69, 9.17) is 10.00 Å². The molecule has 1 atom stereocenters. The SMILES string of the molecule is CCCOC1CCCN(CCCC#N)C1. The Kier molecular flexibility index (Phi) is 6.38. The summed E-state index contributed by atoms with van der Waals surface area (Å²) in [7, 11) is 0. The molecule has 0 aromatic heterocycles. The van der Waals surface area contributed by atoms with Gasteiger partial charge in [-0.1, -0.05) is 6.92 Å². The summed E-state index contributed by atoms with van der Waals surface area (Å²) in [6.45, 7) is 6.33. The minimum Gasteiger partial charge on any atom is -0.377 e. The van der Waals surface area contributed by atoms with Crippen molar-refractivity contribution in [3.8, 4) is 6.07 Å². The van der Waals surface area contributed by atoms with Crippen LogP contribution in [0.3, 0.4) is 0 Å². The normalized spacial score (nSPS) is 22.5. The van der Waals surface area contributed by atoms with E-state index in [1.54, 1.807) is 0 Å². The molecule has 1 saturated heterocycles. The third kappa shape index (κ3) is 5.15. The number of rotatable bonds is 6. The first-order valence-electron chi connectivity index (χ1n) is 6.07. The van der Waals surface area contributed by atoms with Gasteiger partial charge in [0.2, 0.25) is 0 Å². The Balaban J connectivity index is 2.14. The van der Waals surface area contributed by atoms with E-state index in [1.807, 2.05) is 0 Å². The molecule has 1 aliphatic rings. The van der Waals surface area contributed by atoms with Crippen molar-refractivity contribution in [2.45, 2.75) is 45.1 Å². The Morgan fingerprint density at radius 3 is 3.13 bits per heavy atom. The summed E-state index contributed by atoms with van der Waals surface area (Å²) in [5, 5.41) is 8.47. The van der Waals surface area contributed by atoms with E-state index in [2.05, 4.69) is 17.9 Å². The average molecular weight is 210 g/mol. The van der Waals surface area contributed by atoms with Crippen LogP contribution in [0.25, 0.3) is 0 Å². The van der Waals surface area contributed by atoms with Gasteiger partial charge in [-0.25, -0.2) is 0 Å². The number of hydrogen-bond donors (Lipinski definition) is 0. The molecule has 0 bridgehead atoms. The zero-order valence-electron chi connectivity index (χ0n) is 9.74. The van der Waals surface area contributed by atoms with Crippen LogP contribution < -0.4 is 0 Å². The van der Waals surface area contributed by atoms with E-state index >= 15 is 0 Å². The Labute approximate surface area is 93.0 Å². The van der Waals surface area contributed by atoms with Crippen LogP contribution in [0.15, 0.2) is 0 Å². The lowest BCUT2D eigenvalue weighted by Gasteiger charge is -2.32. The molecule has 0 N–H and O–H groups in total. The second-order valence-electron chi connectivity index (χ2n) is 4.20. The van der Waals surface area contributed by atoms with Gasteiger partial charge in [-0.05, 0) is 38.8 Å². The molecule has 3 nitrogen and oxygen atoms in total. The molecule has 15 heavy (non-hydrogen) atoms. The highest BCUT2D eigenvalue weighted by Gasteiger charge is 2.19. The average Bonchev–Trinajstić information content (AvgIpc) is 2.27. The minimum atomic E-state index is 0.431. The summed E-state index contributed by atoms with van der Waals surface area (Å²) in [6, 6.07) is 2.19. The molecule has 1 aliphatic heterocycles. The maximum atomic E-state index is 8.47. The quantitative estimate of drug-likeness (QED) is 0.630. The van der Waals surface area contributed by atoms with Gasteiger partial charge in [-0.3, -0.25) is 0 Å². The van der Waals surface area contributed by atoms with E-state index in [0.29, 0.717) is 12.5 Å². The molecule has 0 aliphatic carbocycles. The van der Waals surface area contributed by atoms with Crippen molar-refractivity contribution in [1.82, 2.24) is 4.90 Å². The molecule has 1 heterocycles. The summed E-state index contributed by atoms with van der Waals surface area (Å²) in [6.07, 6.45) is 5.65. The maximum absolute atomic E-state index is 8.47. The molecule has 1 rings (SSSR count). The molecule has 0 aromatic carbocycles. The van der Waals surface area contributed by atoms with E-state index in [-0.39, 0.29) is 0 Å². The van der Waals surface area contributed by atoms with Gasteiger partial charge in [0.1, 0.15) is 0 Å². The van der Waals surface area contributed by atoms with Crippen LogP contribution in [0.4, 0.5) is 0 Å². The summed E-state index contributed by atoms with van der Waals surface area (Å²) in [5.74, 6) is 0. The van der Waals surface area contributed by atoms with E-state index in [0.717, 1.165) is 32.5 Å². The van der Waals surface area contributed by atoms with Gasteiger partial charge in [-0.15, -0.1) is 0 Å². The van der Waals surface area contributed by atoms with Crippen LogP contribution in [-0.2, 0) is 4.74 Å². The first kappa shape index (κ1) is 12.5. The van der Waals surface area contributed by atoms with Crippen molar-refractivity contribution in [2.75, 3.05) is 26.2 Å². The van der Waals surface area contributed by atoms with Gasteiger partial charge < -0.3 is 9.64 Å². The smallest absolute Gasteiger partial charge is 0.0702 e. The number of ether oxygens (including phenoxy) is 1. The lowest BCUT2D eigenvalue weighted by atomic mass is 10.1. The van der Waals surface area contributed by atoms with E-state index < -0.39 is 0 Å². The first-order valence-corrected chi connectivity index (χ1v) is 6.07. The highest BCUT2D eigenvalue weighted by molar-refractivity contribution is 4.75.